The summed E-state index contributed by atoms with van der Waals surface area (Å²) in [4.78, 5) is 25.0. The second kappa shape index (κ2) is 9.58. The molecule has 2 aromatic rings. The van der Waals surface area contributed by atoms with Crippen LogP contribution in [0.2, 0.25) is 0 Å². The molecule has 0 bridgehead atoms. The number of aliphatic hydroxyl groups excluding tert-OH is 1. The fraction of sp³-hybridized carbons (Fsp3) is 0.300. The van der Waals surface area contributed by atoms with E-state index in [2.05, 4.69) is 0 Å². The summed E-state index contributed by atoms with van der Waals surface area (Å²) in [7, 11) is 1.62. The summed E-state index contributed by atoms with van der Waals surface area (Å²) < 4.78 is 10.2. The second-order valence-electron chi connectivity index (χ2n) is 5.75. The first-order valence-electron chi connectivity index (χ1n) is 8.44. The van der Waals surface area contributed by atoms with Crippen LogP contribution >= 0.6 is 0 Å². The fourth-order valence-corrected chi connectivity index (χ4v) is 2.31. The van der Waals surface area contributed by atoms with Crippen LogP contribution in [-0.2, 0) is 4.74 Å². The molecule has 1 atom stereocenters. The van der Waals surface area contributed by atoms with Crippen LogP contribution < -0.4 is 4.74 Å². The summed E-state index contributed by atoms with van der Waals surface area (Å²) in [6.45, 7) is 2.42. The molecule has 6 heteroatoms. The summed E-state index contributed by atoms with van der Waals surface area (Å²) in [5, 5.41) is 10.2. The number of carbonyl (C=O) groups excluding carboxylic acids is 2. The normalized spacial score (nSPS) is 11.5. The number of benzene rings is 2. The van der Waals surface area contributed by atoms with Gasteiger partial charge in [-0.3, -0.25) is 0 Å². The molecule has 0 aromatic heterocycles. The van der Waals surface area contributed by atoms with Crippen LogP contribution in [0.15, 0.2) is 54.6 Å². The molecule has 0 saturated carbocycles. The van der Waals surface area contributed by atoms with Gasteiger partial charge < -0.3 is 19.5 Å². The smallest absolute Gasteiger partial charge is 0.409 e. The molecule has 0 aliphatic carbocycles. The lowest BCUT2D eigenvalue weighted by Crippen LogP contribution is -2.29. The van der Waals surface area contributed by atoms with Crippen molar-refractivity contribution in [2.24, 2.45) is 0 Å². The predicted molar refractivity (Wildman–Crippen MR) is 97.1 cm³/mol. The van der Waals surface area contributed by atoms with E-state index in [0.29, 0.717) is 36.4 Å². The number of aliphatic hydroxyl groups is 1. The number of esters is 1. The van der Waals surface area contributed by atoms with Gasteiger partial charge in [-0.05, 0) is 43.2 Å². The molecule has 2 rings (SSSR count). The molecule has 138 valence electrons. The minimum absolute atomic E-state index is 0.314. The van der Waals surface area contributed by atoms with E-state index in [9.17, 15) is 14.7 Å². The average molecular weight is 357 g/mol. The van der Waals surface area contributed by atoms with Gasteiger partial charge in [0, 0.05) is 13.6 Å². The van der Waals surface area contributed by atoms with Gasteiger partial charge in [0.2, 0.25) is 0 Å². The van der Waals surface area contributed by atoms with Gasteiger partial charge in [0.1, 0.15) is 5.75 Å². The molecule has 6 nitrogen and oxygen atoms in total. The molecule has 0 aliphatic rings. The molecule has 2 aromatic carbocycles. The lowest BCUT2D eigenvalue weighted by Gasteiger charge is -2.18. The maximum Gasteiger partial charge on any atom is 0.409 e. The van der Waals surface area contributed by atoms with E-state index in [4.69, 9.17) is 9.47 Å². The summed E-state index contributed by atoms with van der Waals surface area (Å²) in [5.74, 6) is -0.0339. The van der Waals surface area contributed by atoms with Gasteiger partial charge in [-0.15, -0.1) is 0 Å². The Balaban J connectivity index is 1.88. The average Bonchev–Trinajstić information content (AvgIpc) is 2.67. The van der Waals surface area contributed by atoms with Crippen molar-refractivity contribution in [1.29, 1.82) is 0 Å². The summed E-state index contributed by atoms with van der Waals surface area (Å²) in [5.41, 5.74) is 1.15. The molecule has 1 N–H and O–H groups in total. The zero-order valence-corrected chi connectivity index (χ0v) is 14.9. The quantitative estimate of drug-likeness (QED) is 0.607. The van der Waals surface area contributed by atoms with Crippen LogP contribution in [0, 0.1) is 0 Å². The monoisotopic (exact) mass is 357 g/mol. The second-order valence-corrected chi connectivity index (χ2v) is 5.75. The molecule has 1 amide bonds. The first-order chi connectivity index (χ1) is 12.5. The van der Waals surface area contributed by atoms with E-state index in [0.717, 1.165) is 0 Å². The SMILES string of the molecule is CCOC(=O)N(C)CCC(O)c1ccc(OC(=O)c2ccccc2)cc1. The Bertz CT molecular complexity index is 715. The van der Waals surface area contributed by atoms with Crippen molar-refractivity contribution < 1.29 is 24.2 Å². The van der Waals surface area contributed by atoms with E-state index in [1.807, 2.05) is 6.07 Å². The Morgan fingerprint density at radius 3 is 2.35 bits per heavy atom. The van der Waals surface area contributed by atoms with Gasteiger partial charge in [0.25, 0.3) is 0 Å². The number of hydrogen-bond acceptors (Lipinski definition) is 5. The van der Waals surface area contributed by atoms with Gasteiger partial charge in [0.15, 0.2) is 0 Å². The Morgan fingerprint density at radius 1 is 1.08 bits per heavy atom. The standard InChI is InChI=1S/C20H23NO5/c1-3-25-20(24)21(2)14-13-18(22)15-9-11-17(12-10-15)26-19(23)16-7-5-4-6-8-16/h4-12,18,22H,3,13-14H2,1-2H3. The first kappa shape index (κ1) is 19.5. The number of hydrogen-bond donors (Lipinski definition) is 1. The zero-order chi connectivity index (χ0) is 18.9. The lowest BCUT2D eigenvalue weighted by molar-refractivity contribution is 0.0734. The molecular weight excluding hydrogens is 334 g/mol. The van der Waals surface area contributed by atoms with Crippen LogP contribution in [0.25, 0.3) is 0 Å². The van der Waals surface area contributed by atoms with Crippen LogP contribution in [0.1, 0.15) is 35.4 Å². The highest BCUT2D eigenvalue weighted by Gasteiger charge is 2.14. The van der Waals surface area contributed by atoms with Crippen LogP contribution in [-0.4, -0.2) is 42.3 Å². The van der Waals surface area contributed by atoms with Gasteiger partial charge >= 0.3 is 12.1 Å². The third-order valence-corrected chi connectivity index (χ3v) is 3.80. The molecule has 0 saturated heterocycles. The van der Waals surface area contributed by atoms with Crippen molar-refractivity contribution in [1.82, 2.24) is 4.90 Å². The van der Waals surface area contributed by atoms with Gasteiger partial charge in [-0.1, -0.05) is 30.3 Å². The Labute approximate surface area is 153 Å². The fourth-order valence-electron chi connectivity index (χ4n) is 2.31. The molecule has 0 fully saturated rings. The molecule has 0 radical (unpaired) electrons. The maximum absolute atomic E-state index is 12.0. The highest BCUT2D eigenvalue weighted by atomic mass is 16.6. The lowest BCUT2D eigenvalue weighted by atomic mass is 10.1. The number of amides is 1. The molecule has 0 spiro atoms. The van der Waals surface area contributed by atoms with E-state index in [1.165, 1.54) is 4.90 Å². The number of ether oxygens (including phenoxy) is 2. The predicted octanol–water partition coefficient (Wildman–Crippen LogP) is 3.42. The van der Waals surface area contributed by atoms with E-state index >= 15 is 0 Å². The highest BCUT2D eigenvalue weighted by molar-refractivity contribution is 5.90. The number of rotatable bonds is 7. The van der Waals surface area contributed by atoms with Crippen LogP contribution in [0.4, 0.5) is 4.79 Å². The Kier molecular flexibility index (Phi) is 7.17. The summed E-state index contributed by atoms with van der Waals surface area (Å²) in [6, 6.07) is 15.4. The highest BCUT2D eigenvalue weighted by Crippen LogP contribution is 2.21. The minimum Gasteiger partial charge on any atom is -0.450 e. The van der Waals surface area contributed by atoms with Crippen molar-refractivity contribution in [3.8, 4) is 5.75 Å². The summed E-state index contributed by atoms with van der Waals surface area (Å²) in [6.07, 6.45) is -0.771. The molecule has 0 heterocycles. The maximum atomic E-state index is 12.0. The number of carbonyl (C=O) groups is 2. The van der Waals surface area contributed by atoms with Gasteiger partial charge in [0.05, 0.1) is 18.3 Å². The molecule has 1 unspecified atom stereocenters. The third-order valence-electron chi connectivity index (χ3n) is 3.80. The Hall–Kier alpha value is -2.86. The largest absolute Gasteiger partial charge is 0.450 e. The van der Waals surface area contributed by atoms with Crippen LogP contribution in [0.5, 0.6) is 5.75 Å². The first-order valence-corrected chi connectivity index (χ1v) is 8.44. The van der Waals surface area contributed by atoms with E-state index < -0.39 is 18.2 Å². The molecule has 26 heavy (non-hydrogen) atoms. The molecule has 0 aliphatic heterocycles. The number of nitrogens with zero attached hydrogens (tertiary/aromatic N) is 1. The van der Waals surface area contributed by atoms with Gasteiger partial charge in [-0.25, -0.2) is 9.59 Å². The van der Waals surface area contributed by atoms with Crippen molar-refractivity contribution in [3.05, 3.63) is 65.7 Å². The van der Waals surface area contributed by atoms with Crippen molar-refractivity contribution in [2.75, 3.05) is 20.2 Å². The van der Waals surface area contributed by atoms with Crippen molar-refractivity contribution in [2.45, 2.75) is 19.4 Å². The van der Waals surface area contributed by atoms with Gasteiger partial charge in [-0.2, -0.15) is 0 Å². The van der Waals surface area contributed by atoms with E-state index in [-0.39, 0.29) is 0 Å². The van der Waals surface area contributed by atoms with Crippen molar-refractivity contribution in [3.63, 3.8) is 0 Å². The molecular formula is C20H23NO5. The third kappa shape index (κ3) is 5.60. The zero-order valence-electron chi connectivity index (χ0n) is 14.9. The van der Waals surface area contributed by atoms with Crippen molar-refractivity contribution >= 4 is 12.1 Å². The van der Waals surface area contributed by atoms with E-state index in [1.54, 1.807) is 62.5 Å². The topological polar surface area (TPSA) is 76.1 Å². The van der Waals surface area contributed by atoms with Crippen LogP contribution in [0.3, 0.4) is 0 Å². The Morgan fingerprint density at radius 2 is 1.73 bits per heavy atom. The summed E-state index contributed by atoms with van der Waals surface area (Å²) >= 11 is 0. The minimum atomic E-state index is -0.731.